The van der Waals surface area contributed by atoms with E-state index in [1.165, 1.54) is 24.5 Å². The number of nitriles is 1. The Morgan fingerprint density at radius 3 is 2.68 bits per heavy atom. The van der Waals surface area contributed by atoms with Crippen LogP contribution in [0.2, 0.25) is 0 Å². The Labute approximate surface area is 126 Å². The highest BCUT2D eigenvalue weighted by atomic mass is 16.4. The van der Waals surface area contributed by atoms with E-state index in [1.54, 1.807) is 30.3 Å². The van der Waals surface area contributed by atoms with Gasteiger partial charge in [0.15, 0.2) is 0 Å². The number of carboxylic acids is 1. The summed E-state index contributed by atoms with van der Waals surface area (Å²) in [5.41, 5.74) is 0.133. The standard InChI is InChI=1S/C16H12N2O4/c17-9-12(15(19)18-10-13-5-3-7-22-13)8-11-4-1-2-6-14(11)16(20)21/h1-8H,10H2,(H,18,19)(H,20,21)/b12-8-. The molecule has 110 valence electrons. The van der Waals surface area contributed by atoms with Crippen LogP contribution in [0.25, 0.3) is 6.08 Å². The molecular weight excluding hydrogens is 284 g/mol. The molecule has 0 aliphatic heterocycles. The second-order valence-corrected chi connectivity index (χ2v) is 4.32. The molecule has 1 amide bonds. The van der Waals surface area contributed by atoms with Crippen LogP contribution in [0, 0.1) is 11.3 Å². The maximum atomic E-state index is 12.0. The second-order valence-electron chi connectivity index (χ2n) is 4.32. The third kappa shape index (κ3) is 3.61. The minimum Gasteiger partial charge on any atom is -0.478 e. The van der Waals surface area contributed by atoms with E-state index in [2.05, 4.69) is 5.32 Å². The first-order chi connectivity index (χ1) is 10.6. The van der Waals surface area contributed by atoms with Crippen molar-refractivity contribution in [2.45, 2.75) is 6.54 Å². The summed E-state index contributed by atoms with van der Waals surface area (Å²) in [5, 5.41) is 20.7. The number of nitrogens with one attached hydrogen (secondary N) is 1. The molecule has 1 aromatic carbocycles. The summed E-state index contributed by atoms with van der Waals surface area (Å²) in [6.07, 6.45) is 2.73. The number of carbonyl (C=O) groups is 2. The maximum Gasteiger partial charge on any atom is 0.336 e. The third-order valence-electron chi connectivity index (χ3n) is 2.86. The number of carbonyl (C=O) groups excluding carboxylic acids is 1. The van der Waals surface area contributed by atoms with Gasteiger partial charge in [0.2, 0.25) is 0 Å². The van der Waals surface area contributed by atoms with E-state index in [9.17, 15) is 9.59 Å². The van der Waals surface area contributed by atoms with Crippen LogP contribution < -0.4 is 5.32 Å². The Kier molecular flexibility index (Phi) is 4.73. The van der Waals surface area contributed by atoms with Crippen LogP contribution in [-0.2, 0) is 11.3 Å². The summed E-state index contributed by atoms with van der Waals surface area (Å²) >= 11 is 0. The predicted molar refractivity (Wildman–Crippen MR) is 77.5 cm³/mol. The van der Waals surface area contributed by atoms with Gasteiger partial charge in [0.05, 0.1) is 18.4 Å². The lowest BCUT2D eigenvalue weighted by Crippen LogP contribution is -2.23. The van der Waals surface area contributed by atoms with E-state index in [4.69, 9.17) is 14.8 Å². The first kappa shape index (κ1) is 15.1. The quantitative estimate of drug-likeness (QED) is 0.650. The number of amides is 1. The lowest BCUT2D eigenvalue weighted by molar-refractivity contribution is -0.117. The minimum atomic E-state index is -1.12. The molecule has 0 radical (unpaired) electrons. The molecule has 22 heavy (non-hydrogen) atoms. The molecule has 0 aliphatic carbocycles. The molecule has 2 aromatic rings. The van der Waals surface area contributed by atoms with Crippen molar-refractivity contribution in [1.82, 2.24) is 5.32 Å². The van der Waals surface area contributed by atoms with Crippen LogP contribution in [0.3, 0.4) is 0 Å². The van der Waals surface area contributed by atoms with E-state index in [-0.39, 0.29) is 17.7 Å². The van der Waals surface area contributed by atoms with Crippen molar-refractivity contribution in [3.8, 4) is 6.07 Å². The van der Waals surface area contributed by atoms with Gasteiger partial charge in [-0.05, 0) is 29.8 Å². The molecule has 0 atom stereocenters. The summed E-state index contributed by atoms with van der Waals surface area (Å²) in [4.78, 5) is 23.1. The van der Waals surface area contributed by atoms with Gasteiger partial charge in [-0.25, -0.2) is 4.79 Å². The summed E-state index contributed by atoms with van der Waals surface area (Å²) in [6.45, 7) is 0.144. The fraction of sp³-hybridized carbons (Fsp3) is 0.0625. The van der Waals surface area contributed by atoms with E-state index in [0.717, 1.165) is 0 Å². The Morgan fingerprint density at radius 1 is 1.27 bits per heavy atom. The highest BCUT2D eigenvalue weighted by Gasteiger charge is 2.13. The van der Waals surface area contributed by atoms with Gasteiger partial charge in [-0.3, -0.25) is 4.79 Å². The normalized spacial score (nSPS) is 10.8. The van der Waals surface area contributed by atoms with Crippen LogP contribution in [0.4, 0.5) is 0 Å². The van der Waals surface area contributed by atoms with Crippen molar-refractivity contribution in [3.05, 3.63) is 65.1 Å². The van der Waals surface area contributed by atoms with Crippen molar-refractivity contribution in [1.29, 1.82) is 5.26 Å². The second kappa shape index (κ2) is 6.90. The zero-order valence-electron chi connectivity index (χ0n) is 11.4. The zero-order valence-corrected chi connectivity index (χ0v) is 11.4. The summed E-state index contributed by atoms with van der Waals surface area (Å²) < 4.78 is 5.07. The maximum absolute atomic E-state index is 12.0. The molecule has 2 rings (SSSR count). The average Bonchev–Trinajstić information content (AvgIpc) is 3.04. The molecule has 0 spiro atoms. The SMILES string of the molecule is N#C/C(=C/c1ccccc1C(=O)O)C(=O)NCc1ccco1. The van der Waals surface area contributed by atoms with Gasteiger partial charge in [-0.2, -0.15) is 5.26 Å². The largest absolute Gasteiger partial charge is 0.478 e. The summed E-state index contributed by atoms with van der Waals surface area (Å²) in [5.74, 6) is -1.17. The van der Waals surface area contributed by atoms with Crippen LogP contribution in [0.15, 0.2) is 52.7 Å². The Bertz CT molecular complexity index is 755. The van der Waals surface area contributed by atoms with Gasteiger partial charge in [-0.15, -0.1) is 0 Å². The highest BCUT2D eigenvalue weighted by molar-refractivity contribution is 6.03. The first-order valence-electron chi connectivity index (χ1n) is 6.36. The van der Waals surface area contributed by atoms with Crippen LogP contribution in [0.1, 0.15) is 21.7 Å². The topological polar surface area (TPSA) is 103 Å². The number of rotatable bonds is 5. The molecule has 1 aromatic heterocycles. The lowest BCUT2D eigenvalue weighted by atomic mass is 10.0. The first-order valence-corrected chi connectivity index (χ1v) is 6.36. The monoisotopic (exact) mass is 296 g/mol. The van der Waals surface area contributed by atoms with Gasteiger partial charge in [0, 0.05) is 0 Å². The molecule has 6 nitrogen and oxygen atoms in total. The molecule has 6 heteroatoms. The van der Waals surface area contributed by atoms with Crippen LogP contribution >= 0.6 is 0 Å². The van der Waals surface area contributed by atoms with Gasteiger partial charge < -0.3 is 14.8 Å². The fourth-order valence-electron chi connectivity index (χ4n) is 1.80. The molecule has 0 bridgehead atoms. The van der Waals surface area contributed by atoms with E-state index >= 15 is 0 Å². The Hall–Kier alpha value is -3.33. The van der Waals surface area contributed by atoms with Gasteiger partial charge in [-0.1, -0.05) is 18.2 Å². The Balaban J connectivity index is 2.19. The van der Waals surface area contributed by atoms with E-state index in [1.807, 2.05) is 0 Å². The number of benzene rings is 1. The Morgan fingerprint density at radius 2 is 2.05 bits per heavy atom. The average molecular weight is 296 g/mol. The number of hydrogen-bond acceptors (Lipinski definition) is 4. The number of aromatic carboxylic acids is 1. The predicted octanol–water partition coefficient (Wildman–Crippen LogP) is 2.20. The van der Waals surface area contributed by atoms with Crippen molar-refractivity contribution in [2.75, 3.05) is 0 Å². The van der Waals surface area contributed by atoms with Crippen molar-refractivity contribution < 1.29 is 19.1 Å². The number of furan rings is 1. The van der Waals surface area contributed by atoms with Crippen molar-refractivity contribution in [2.24, 2.45) is 0 Å². The van der Waals surface area contributed by atoms with Gasteiger partial charge in [0.1, 0.15) is 17.4 Å². The molecule has 0 saturated heterocycles. The molecule has 0 fully saturated rings. The molecule has 0 saturated carbocycles. The minimum absolute atomic E-state index is 0.0223. The number of carboxylic acid groups (broad SMARTS) is 1. The van der Waals surface area contributed by atoms with Crippen molar-refractivity contribution >= 4 is 18.0 Å². The molecule has 1 heterocycles. The van der Waals surface area contributed by atoms with Gasteiger partial charge >= 0.3 is 5.97 Å². The number of nitrogens with zero attached hydrogens (tertiary/aromatic N) is 1. The lowest BCUT2D eigenvalue weighted by Gasteiger charge is -2.04. The fourth-order valence-corrected chi connectivity index (χ4v) is 1.80. The third-order valence-corrected chi connectivity index (χ3v) is 2.86. The number of hydrogen-bond donors (Lipinski definition) is 2. The smallest absolute Gasteiger partial charge is 0.336 e. The van der Waals surface area contributed by atoms with E-state index < -0.39 is 11.9 Å². The van der Waals surface area contributed by atoms with Crippen LogP contribution in [0.5, 0.6) is 0 Å². The van der Waals surface area contributed by atoms with Crippen LogP contribution in [-0.4, -0.2) is 17.0 Å². The molecule has 0 unspecified atom stereocenters. The van der Waals surface area contributed by atoms with Crippen molar-refractivity contribution in [3.63, 3.8) is 0 Å². The van der Waals surface area contributed by atoms with Gasteiger partial charge in [0.25, 0.3) is 5.91 Å². The van der Waals surface area contributed by atoms with E-state index in [0.29, 0.717) is 11.3 Å². The highest BCUT2D eigenvalue weighted by Crippen LogP contribution is 2.13. The molecule has 2 N–H and O–H groups in total. The molecule has 0 aliphatic rings. The zero-order chi connectivity index (χ0) is 15.9. The summed E-state index contributed by atoms with van der Waals surface area (Å²) in [6, 6.07) is 11.3. The summed E-state index contributed by atoms with van der Waals surface area (Å²) in [7, 11) is 0. The molecular formula is C16H12N2O4.